The summed E-state index contributed by atoms with van der Waals surface area (Å²) in [6.07, 6.45) is 0.623. The number of likely N-dealkylation sites (tertiary alicyclic amines) is 1. The Kier molecular flexibility index (Phi) is 3.02. The van der Waals surface area contributed by atoms with Crippen molar-refractivity contribution in [1.82, 2.24) is 10.2 Å². The molecule has 0 unspecified atom stereocenters. The summed E-state index contributed by atoms with van der Waals surface area (Å²) >= 11 is 0. The number of nitrogens with zero attached hydrogens (tertiary/aromatic N) is 1. The molecular weight excluding hydrogens is 220 g/mol. The minimum atomic E-state index is -0.451. The van der Waals surface area contributed by atoms with Crippen LogP contribution in [0.5, 0.6) is 0 Å². The second-order valence-electron chi connectivity index (χ2n) is 5.83. The first-order chi connectivity index (χ1) is 7.87. The summed E-state index contributed by atoms with van der Waals surface area (Å²) in [5, 5.41) is 2.83. The van der Waals surface area contributed by atoms with Crippen molar-refractivity contribution in [2.24, 2.45) is 11.8 Å². The van der Waals surface area contributed by atoms with Crippen LogP contribution in [0.2, 0.25) is 0 Å². The summed E-state index contributed by atoms with van der Waals surface area (Å²) < 4.78 is 5.27. The lowest BCUT2D eigenvalue weighted by atomic mass is 9.85. The van der Waals surface area contributed by atoms with E-state index in [-0.39, 0.29) is 17.9 Å². The van der Waals surface area contributed by atoms with Crippen molar-refractivity contribution in [3.8, 4) is 0 Å². The van der Waals surface area contributed by atoms with Crippen LogP contribution in [0, 0.1) is 11.8 Å². The molecule has 2 aliphatic heterocycles. The van der Waals surface area contributed by atoms with Crippen LogP contribution in [0.4, 0.5) is 4.79 Å². The zero-order valence-corrected chi connectivity index (χ0v) is 10.7. The van der Waals surface area contributed by atoms with Gasteiger partial charge in [0.1, 0.15) is 5.60 Å². The van der Waals surface area contributed by atoms with Gasteiger partial charge >= 0.3 is 6.09 Å². The Morgan fingerprint density at radius 2 is 2.06 bits per heavy atom. The third kappa shape index (κ3) is 2.70. The molecule has 0 bridgehead atoms. The number of carbonyl (C=O) groups excluding carboxylic acids is 2. The number of ether oxygens (including phenoxy) is 1. The van der Waals surface area contributed by atoms with Crippen molar-refractivity contribution in [3.63, 3.8) is 0 Å². The highest BCUT2D eigenvalue weighted by Crippen LogP contribution is 2.29. The molecule has 2 aliphatic rings. The fourth-order valence-corrected chi connectivity index (χ4v) is 2.31. The van der Waals surface area contributed by atoms with E-state index in [4.69, 9.17) is 4.74 Å². The molecule has 1 N–H and O–H groups in total. The fraction of sp³-hybridized carbons (Fsp3) is 0.833. The van der Waals surface area contributed by atoms with E-state index >= 15 is 0 Å². The second kappa shape index (κ2) is 4.20. The molecule has 2 rings (SSSR count). The minimum absolute atomic E-state index is 0.0914. The molecule has 96 valence electrons. The van der Waals surface area contributed by atoms with Crippen molar-refractivity contribution in [1.29, 1.82) is 0 Å². The van der Waals surface area contributed by atoms with Crippen LogP contribution in [0.15, 0.2) is 0 Å². The van der Waals surface area contributed by atoms with Gasteiger partial charge in [0.15, 0.2) is 0 Å². The van der Waals surface area contributed by atoms with Crippen molar-refractivity contribution < 1.29 is 14.3 Å². The van der Waals surface area contributed by atoms with Gasteiger partial charge in [0.2, 0.25) is 5.91 Å². The van der Waals surface area contributed by atoms with Crippen LogP contribution in [0.1, 0.15) is 27.2 Å². The van der Waals surface area contributed by atoms with Gasteiger partial charge in [-0.1, -0.05) is 0 Å². The molecule has 0 aromatic carbocycles. The maximum absolute atomic E-state index is 11.7. The number of hydrogen-bond donors (Lipinski definition) is 1. The number of carbonyl (C=O) groups is 2. The van der Waals surface area contributed by atoms with Crippen LogP contribution in [-0.2, 0) is 9.53 Å². The van der Waals surface area contributed by atoms with E-state index in [0.29, 0.717) is 19.0 Å². The molecule has 5 heteroatoms. The predicted octanol–water partition coefficient (Wildman–Crippen LogP) is 0.989. The SMILES string of the molecule is CC(C)(C)OC(=O)N1CC([C@@H]2CCNC2=O)C1. The standard InChI is InChI=1S/C12H20N2O3/c1-12(2,3)17-11(16)14-6-8(7-14)9-4-5-13-10(9)15/h8-9H,4-7H2,1-3H3,(H,13,15)/t9-/m0/s1. The average Bonchev–Trinajstić information content (AvgIpc) is 2.46. The number of nitrogens with one attached hydrogen (secondary N) is 1. The average molecular weight is 240 g/mol. The summed E-state index contributed by atoms with van der Waals surface area (Å²) in [5.74, 6) is 0.539. The largest absolute Gasteiger partial charge is 0.444 e. The minimum Gasteiger partial charge on any atom is -0.444 e. The van der Waals surface area contributed by atoms with Gasteiger partial charge in [-0.2, -0.15) is 0 Å². The Balaban J connectivity index is 1.79. The Morgan fingerprint density at radius 3 is 2.53 bits per heavy atom. The molecule has 0 aromatic heterocycles. The number of hydrogen-bond acceptors (Lipinski definition) is 3. The Morgan fingerprint density at radius 1 is 1.41 bits per heavy atom. The normalized spacial score (nSPS) is 25.5. The Bertz CT molecular complexity index is 329. The van der Waals surface area contributed by atoms with Crippen LogP contribution in [-0.4, -0.2) is 42.1 Å². The zero-order valence-electron chi connectivity index (χ0n) is 10.7. The summed E-state index contributed by atoms with van der Waals surface area (Å²) in [6, 6.07) is 0. The molecule has 2 amide bonds. The van der Waals surface area contributed by atoms with E-state index in [0.717, 1.165) is 13.0 Å². The highest BCUT2D eigenvalue weighted by molar-refractivity contribution is 5.81. The number of amides is 2. The highest BCUT2D eigenvalue weighted by atomic mass is 16.6. The van der Waals surface area contributed by atoms with Crippen molar-refractivity contribution in [2.75, 3.05) is 19.6 Å². The van der Waals surface area contributed by atoms with Crippen molar-refractivity contribution >= 4 is 12.0 Å². The predicted molar refractivity (Wildman–Crippen MR) is 62.4 cm³/mol. The highest BCUT2D eigenvalue weighted by Gasteiger charge is 2.42. The summed E-state index contributed by atoms with van der Waals surface area (Å²) in [6.45, 7) is 7.62. The number of rotatable bonds is 1. The molecule has 1 atom stereocenters. The van der Waals surface area contributed by atoms with Crippen LogP contribution < -0.4 is 5.32 Å². The molecule has 0 spiro atoms. The maximum Gasteiger partial charge on any atom is 0.410 e. The van der Waals surface area contributed by atoms with E-state index in [1.807, 2.05) is 20.8 Å². The van der Waals surface area contributed by atoms with Gasteiger partial charge in [-0.3, -0.25) is 4.79 Å². The summed E-state index contributed by atoms with van der Waals surface area (Å²) in [5.41, 5.74) is -0.451. The quantitative estimate of drug-likeness (QED) is 0.743. The van der Waals surface area contributed by atoms with Crippen molar-refractivity contribution in [3.05, 3.63) is 0 Å². The summed E-state index contributed by atoms with van der Waals surface area (Å²) in [7, 11) is 0. The molecule has 17 heavy (non-hydrogen) atoms. The van der Waals surface area contributed by atoms with Gasteiger partial charge in [0, 0.05) is 31.5 Å². The third-order valence-corrected chi connectivity index (χ3v) is 3.22. The molecule has 0 aromatic rings. The molecular formula is C12H20N2O3. The first kappa shape index (κ1) is 12.2. The van der Waals surface area contributed by atoms with Crippen LogP contribution in [0.25, 0.3) is 0 Å². The first-order valence-corrected chi connectivity index (χ1v) is 6.12. The smallest absolute Gasteiger partial charge is 0.410 e. The van der Waals surface area contributed by atoms with Gasteiger partial charge in [0.05, 0.1) is 0 Å². The van der Waals surface area contributed by atoms with E-state index in [9.17, 15) is 9.59 Å². The lowest BCUT2D eigenvalue weighted by molar-refractivity contribution is -0.126. The third-order valence-electron chi connectivity index (χ3n) is 3.22. The van der Waals surface area contributed by atoms with Crippen LogP contribution >= 0.6 is 0 Å². The van der Waals surface area contributed by atoms with E-state index in [1.165, 1.54) is 0 Å². The molecule has 5 nitrogen and oxygen atoms in total. The lowest BCUT2D eigenvalue weighted by Gasteiger charge is -2.41. The van der Waals surface area contributed by atoms with Gasteiger partial charge in [0.25, 0.3) is 0 Å². The zero-order chi connectivity index (χ0) is 12.6. The molecule has 2 fully saturated rings. The second-order valence-corrected chi connectivity index (χ2v) is 5.83. The van der Waals surface area contributed by atoms with E-state index < -0.39 is 5.60 Å². The summed E-state index contributed by atoms with van der Waals surface area (Å²) in [4.78, 5) is 24.8. The van der Waals surface area contributed by atoms with Gasteiger partial charge in [-0.05, 0) is 27.2 Å². The monoisotopic (exact) mass is 240 g/mol. The molecule has 2 heterocycles. The van der Waals surface area contributed by atoms with Gasteiger partial charge in [-0.25, -0.2) is 4.79 Å². The Hall–Kier alpha value is -1.26. The topological polar surface area (TPSA) is 58.6 Å². The molecule has 0 aliphatic carbocycles. The molecule has 2 saturated heterocycles. The van der Waals surface area contributed by atoms with Crippen molar-refractivity contribution in [2.45, 2.75) is 32.8 Å². The van der Waals surface area contributed by atoms with Crippen LogP contribution in [0.3, 0.4) is 0 Å². The fourth-order valence-electron chi connectivity index (χ4n) is 2.31. The molecule has 0 saturated carbocycles. The lowest BCUT2D eigenvalue weighted by Crippen LogP contribution is -2.54. The first-order valence-electron chi connectivity index (χ1n) is 6.12. The maximum atomic E-state index is 11.7. The van der Waals surface area contributed by atoms with Gasteiger partial charge < -0.3 is 15.0 Å². The van der Waals surface area contributed by atoms with E-state index in [2.05, 4.69) is 5.32 Å². The molecule has 0 radical (unpaired) electrons. The van der Waals surface area contributed by atoms with E-state index in [1.54, 1.807) is 4.90 Å². The Labute approximate surface area is 101 Å². The van der Waals surface area contributed by atoms with Gasteiger partial charge in [-0.15, -0.1) is 0 Å².